The van der Waals surface area contributed by atoms with E-state index in [0.717, 1.165) is 12.8 Å². The molecule has 33 heavy (non-hydrogen) atoms. The molecule has 3 aliphatic heterocycles. The quantitative estimate of drug-likeness (QED) is 0.669. The summed E-state index contributed by atoms with van der Waals surface area (Å²) < 4.78 is 5.49. The lowest BCUT2D eigenvalue weighted by atomic mass is 10.1. The zero-order valence-corrected chi connectivity index (χ0v) is 18.2. The molecular formula is C25H25N3O5. The van der Waals surface area contributed by atoms with Crippen LogP contribution in [-0.2, 0) is 16.1 Å². The topological polar surface area (TPSA) is 87.2 Å². The summed E-state index contributed by atoms with van der Waals surface area (Å²) in [6, 6.07) is 13.8. The van der Waals surface area contributed by atoms with Crippen molar-refractivity contribution in [1.82, 2.24) is 14.7 Å². The molecule has 1 unspecified atom stereocenters. The Bertz CT molecular complexity index is 1080. The van der Waals surface area contributed by atoms with E-state index >= 15 is 0 Å². The molecule has 3 aliphatic rings. The Morgan fingerprint density at radius 3 is 2.18 bits per heavy atom. The van der Waals surface area contributed by atoms with E-state index in [2.05, 4.69) is 0 Å². The predicted octanol–water partition coefficient (Wildman–Crippen LogP) is 1.95. The van der Waals surface area contributed by atoms with Crippen molar-refractivity contribution in [3.05, 3.63) is 70.8 Å². The molecule has 2 saturated heterocycles. The van der Waals surface area contributed by atoms with E-state index in [1.165, 1.54) is 4.90 Å². The number of ether oxygens (including phenoxy) is 1. The molecule has 2 aromatic carbocycles. The normalized spacial score (nSPS) is 20.4. The summed E-state index contributed by atoms with van der Waals surface area (Å²) >= 11 is 0. The van der Waals surface area contributed by atoms with Gasteiger partial charge < -0.3 is 14.5 Å². The number of hydrogen-bond acceptors (Lipinski definition) is 5. The van der Waals surface area contributed by atoms with Crippen molar-refractivity contribution in [2.24, 2.45) is 0 Å². The fourth-order valence-electron chi connectivity index (χ4n) is 4.66. The smallest absolute Gasteiger partial charge is 0.261 e. The molecule has 3 heterocycles. The number of imide groups is 1. The van der Waals surface area contributed by atoms with Crippen molar-refractivity contribution in [2.75, 3.05) is 32.8 Å². The van der Waals surface area contributed by atoms with E-state index < -0.39 is 0 Å². The lowest BCUT2D eigenvalue weighted by Gasteiger charge is -2.35. The van der Waals surface area contributed by atoms with Crippen LogP contribution in [0.1, 0.15) is 49.5 Å². The molecule has 8 nitrogen and oxygen atoms in total. The van der Waals surface area contributed by atoms with Crippen LogP contribution in [0.25, 0.3) is 0 Å². The fourth-order valence-corrected chi connectivity index (χ4v) is 4.66. The molecular weight excluding hydrogens is 422 g/mol. The van der Waals surface area contributed by atoms with Crippen LogP contribution < -0.4 is 0 Å². The van der Waals surface area contributed by atoms with Gasteiger partial charge in [-0.25, -0.2) is 0 Å². The van der Waals surface area contributed by atoms with Crippen molar-refractivity contribution in [3.63, 3.8) is 0 Å². The molecule has 170 valence electrons. The van der Waals surface area contributed by atoms with Crippen LogP contribution in [0.4, 0.5) is 0 Å². The lowest BCUT2D eigenvalue weighted by Crippen LogP contribution is -2.52. The molecule has 0 N–H and O–H groups in total. The molecule has 2 aromatic rings. The van der Waals surface area contributed by atoms with Gasteiger partial charge in [0.1, 0.15) is 6.10 Å². The van der Waals surface area contributed by atoms with Crippen LogP contribution in [0.3, 0.4) is 0 Å². The zero-order valence-electron chi connectivity index (χ0n) is 18.2. The first kappa shape index (κ1) is 21.3. The second-order valence-electron chi connectivity index (χ2n) is 8.56. The summed E-state index contributed by atoms with van der Waals surface area (Å²) in [7, 11) is 0. The van der Waals surface area contributed by atoms with E-state index in [0.29, 0.717) is 55.0 Å². The second kappa shape index (κ2) is 8.78. The monoisotopic (exact) mass is 447 g/mol. The number of hydrogen-bond donors (Lipinski definition) is 0. The molecule has 0 bridgehead atoms. The summed E-state index contributed by atoms with van der Waals surface area (Å²) in [4.78, 5) is 55.6. The maximum absolute atomic E-state index is 13.1. The average Bonchev–Trinajstić information content (AvgIpc) is 3.48. The number of carbonyl (C=O) groups excluding carboxylic acids is 4. The van der Waals surface area contributed by atoms with Gasteiger partial charge in [-0.05, 0) is 42.7 Å². The van der Waals surface area contributed by atoms with Gasteiger partial charge in [0.05, 0.1) is 17.7 Å². The Hall–Kier alpha value is -3.52. The van der Waals surface area contributed by atoms with E-state index in [1.54, 1.807) is 58.3 Å². The van der Waals surface area contributed by atoms with Crippen LogP contribution in [0.5, 0.6) is 0 Å². The van der Waals surface area contributed by atoms with E-state index in [4.69, 9.17) is 4.74 Å². The third-order valence-electron chi connectivity index (χ3n) is 6.48. The molecule has 0 saturated carbocycles. The highest BCUT2D eigenvalue weighted by Gasteiger charge is 2.35. The molecule has 4 amide bonds. The minimum absolute atomic E-state index is 0.0162. The number of carbonyl (C=O) groups is 4. The minimum Gasteiger partial charge on any atom is -0.368 e. The summed E-state index contributed by atoms with van der Waals surface area (Å²) in [5.41, 5.74) is 2.03. The Balaban J connectivity index is 1.23. The van der Waals surface area contributed by atoms with Gasteiger partial charge in [0.2, 0.25) is 0 Å². The van der Waals surface area contributed by atoms with Crippen LogP contribution in [0, 0.1) is 0 Å². The maximum Gasteiger partial charge on any atom is 0.261 e. The number of rotatable bonds is 4. The summed E-state index contributed by atoms with van der Waals surface area (Å²) in [6.07, 6.45) is 1.33. The van der Waals surface area contributed by atoms with Crippen molar-refractivity contribution in [2.45, 2.75) is 25.5 Å². The number of amides is 4. The molecule has 8 heteroatoms. The van der Waals surface area contributed by atoms with E-state index in [9.17, 15) is 19.2 Å². The van der Waals surface area contributed by atoms with Gasteiger partial charge in [0.15, 0.2) is 0 Å². The van der Waals surface area contributed by atoms with Gasteiger partial charge in [-0.1, -0.05) is 24.3 Å². The van der Waals surface area contributed by atoms with Gasteiger partial charge in [-0.2, -0.15) is 0 Å². The first-order valence-corrected chi connectivity index (χ1v) is 11.3. The molecule has 0 spiro atoms. The van der Waals surface area contributed by atoms with Crippen molar-refractivity contribution >= 4 is 23.6 Å². The highest BCUT2D eigenvalue weighted by atomic mass is 16.5. The highest BCUT2D eigenvalue weighted by molar-refractivity contribution is 6.21. The largest absolute Gasteiger partial charge is 0.368 e. The third-order valence-corrected chi connectivity index (χ3v) is 6.48. The van der Waals surface area contributed by atoms with E-state index in [1.807, 2.05) is 0 Å². The molecule has 1 atom stereocenters. The Labute approximate surface area is 191 Å². The summed E-state index contributed by atoms with van der Waals surface area (Å²) in [6.45, 7) is 2.63. The number of fused-ring (bicyclic) bond motifs is 1. The van der Waals surface area contributed by atoms with Crippen LogP contribution in [0.2, 0.25) is 0 Å². The van der Waals surface area contributed by atoms with Crippen LogP contribution in [-0.4, -0.2) is 77.2 Å². The molecule has 5 rings (SSSR count). The summed E-state index contributed by atoms with van der Waals surface area (Å²) in [5.74, 6) is -0.746. The highest BCUT2D eigenvalue weighted by Crippen LogP contribution is 2.25. The third kappa shape index (κ3) is 4.02. The van der Waals surface area contributed by atoms with Crippen molar-refractivity contribution in [3.8, 4) is 0 Å². The number of benzene rings is 2. The predicted molar refractivity (Wildman–Crippen MR) is 119 cm³/mol. The maximum atomic E-state index is 13.1. The van der Waals surface area contributed by atoms with Crippen molar-refractivity contribution < 1.29 is 23.9 Å². The number of piperazine rings is 1. The Kier molecular flexibility index (Phi) is 5.68. The van der Waals surface area contributed by atoms with Crippen molar-refractivity contribution in [1.29, 1.82) is 0 Å². The van der Waals surface area contributed by atoms with Crippen LogP contribution in [0.15, 0.2) is 48.5 Å². The molecule has 0 aliphatic carbocycles. The van der Waals surface area contributed by atoms with Gasteiger partial charge in [0, 0.05) is 38.3 Å². The molecule has 2 fully saturated rings. The standard InChI is InChI=1S/C25H25N3O5/c29-22(26-10-12-27(13-11-26)25(32)21-9-4-14-33-21)18-6-3-5-17(15-18)16-28-23(30)19-7-1-2-8-20(19)24(28)31/h1-3,5-8,15,21H,4,9-14,16H2. The summed E-state index contributed by atoms with van der Waals surface area (Å²) in [5, 5.41) is 0. The van der Waals surface area contributed by atoms with E-state index in [-0.39, 0.29) is 36.3 Å². The number of nitrogens with zero attached hydrogens (tertiary/aromatic N) is 3. The van der Waals surface area contributed by atoms with Gasteiger partial charge in [0.25, 0.3) is 23.6 Å². The van der Waals surface area contributed by atoms with Crippen LogP contribution >= 0.6 is 0 Å². The average molecular weight is 447 g/mol. The molecule has 0 radical (unpaired) electrons. The first-order valence-electron chi connectivity index (χ1n) is 11.3. The first-order chi connectivity index (χ1) is 16.0. The van der Waals surface area contributed by atoms with Gasteiger partial charge >= 0.3 is 0 Å². The SMILES string of the molecule is O=C(c1cccc(CN2C(=O)c3ccccc3C2=O)c1)N1CCN(C(=O)C2CCCO2)CC1. The van der Waals surface area contributed by atoms with Gasteiger partial charge in [-0.15, -0.1) is 0 Å². The Morgan fingerprint density at radius 1 is 0.879 bits per heavy atom. The van der Waals surface area contributed by atoms with Gasteiger partial charge in [-0.3, -0.25) is 24.1 Å². The molecule has 0 aromatic heterocycles. The second-order valence-corrected chi connectivity index (χ2v) is 8.56. The Morgan fingerprint density at radius 2 is 1.55 bits per heavy atom. The minimum atomic E-state index is -0.342. The zero-order chi connectivity index (χ0) is 22.9. The fraction of sp³-hybridized carbons (Fsp3) is 0.360. The lowest BCUT2D eigenvalue weighted by molar-refractivity contribution is -0.142.